The number of carboxylic acid groups (broad SMARTS) is 3. The zero-order valence-corrected chi connectivity index (χ0v) is 11.5. The minimum absolute atomic E-state index is 0.0397. The van der Waals surface area contributed by atoms with E-state index in [1.165, 1.54) is 11.9 Å². The first-order valence-corrected chi connectivity index (χ1v) is 5.99. The van der Waals surface area contributed by atoms with Crippen LogP contribution < -0.4 is 20.6 Å². The van der Waals surface area contributed by atoms with Crippen molar-refractivity contribution in [3.05, 3.63) is 0 Å². The number of nitrogens with zero attached hydrogens (tertiary/aromatic N) is 2. The zero-order valence-electron chi connectivity index (χ0n) is 11.5. The molecule has 0 aromatic carbocycles. The Kier molecular flexibility index (Phi) is 8.65. The van der Waals surface area contributed by atoms with Crippen LogP contribution in [0.15, 0.2) is 0 Å². The molecule has 0 aliphatic heterocycles. The Morgan fingerprint density at radius 3 is 1.38 bits per heavy atom. The highest BCUT2D eigenvalue weighted by Crippen LogP contribution is 1.93. The van der Waals surface area contributed by atoms with Gasteiger partial charge in [0.1, 0.15) is 0 Å². The number of carboxylic acids is 3. The molecule has 0 aliphatic carbocycles. The number of likely N-dealkylation sites (N-methyl/N-ethyl adjacent to an activating group) is 1. The predicted molar refractivity (Wildman–Crippen MR) is 62.0 cm³/mol. The van der Waals surface area contributed by atoms with Crippen LogP contribution >= 0.6 is 0 Å². The molecule has 1 amide bonds. The fourth-order valence-corrected chi connectivity index (χ4v) is 1.54. The maximum atomic E-state index is 11.2. The summed E-state index contributed by atoms with van der Waals surface area (Å²) in [4.78, 5) is 45.0. The second kappa shape index (κ2) is 9.66. The van der Waals surface area contributed by atoms with Gasteiger partial charge < -0.3 is 35.0 Å². The van der Waals surface area contributed by atoms with Gasteiger partial charge in [-0.15, -0.1) is 0 Å². The van der Waals surface area contributed by atoms with Crippen molar-refractivity contribution in [2.45, 2.75) is 0 Å². The molecule has 1 N–H and O–H groups in total. The molecule has 0 aromatic rings. The summed E-state index contributed by atoms with van der Waals surface area (Å²) in [5, 5.41) is 33.9. The van der Waals surface area contributed by atoms with Crippen molar-refractivity contribution in [2.75, 3.05) is 46.3 Å². The summed E-state index contributed by atoms with van der Waals surface area (Å²) in [7, 11) is 1.37. The van der Waals surface area contributed by atoms with Crippen LogP contribution in [0.3, 0.4) is 0 Å². The minimum Gasteiger partial charge on any atom is -0.549 e. The molecule has 10 heteroatoms. The molecule has 0 radical (unpaired) electrons. The number of carbonyl (C=O) groups excluding carboxylic acids is 4. The maximum Gasteiger partial charge on any atom is 0.233 e. The Morgan fingerprint density at radius 2 is 1.10 bits per heavy atom. The summed E-state index contributed by atoms with van der Waals surface area (Å²) in [6.45, 7) is -2.21. The van der Waals surface area contributed by atoms with Crippen molar-refractivity contribution in [3.63, 3.8) is 0 Å². The fourth-order valence-electron chi connectivity index (χ4n) is 1.54. The molecular formula is C11H16N3O7-3. The van der Waals surface area contributed by atoms with E-state index in [0.29, 0.717) is 0 Å². The standard InChI is InChI=1S/C11H19N3O7/c1-12-8(15)4-13(5-9(16)17)2-3-14(6-10(18)19)7-11(20)21/h2-7H2,1H3,(H,12,15)(H,16,17)(H,18,19)(H,20,21)/p-3. The first-order chi connectivity index (χ1) is 9.74. The Hall–Kier alpha value is -2.20. The molecule has 0 atom stereocenters. The minimum atomic E-state index is -1.48. The van der Waals surface area contributed by atoms with Crippen LogP contribution in [-0.2, 0) is 19.2 Å². The molecule has 0 bridgehead atoms. The first-order valence-electron chi connectivity index (χ1n) is 5.99. The van der Waals surface area contributed by atoms with Gasteiger partial charge in [0, 0.05) is 39.8 Å². The maximum absolute atomic E-state index is 11.2. The average Bonchev–Trinajstić information content (AvgIpc) is 2.33. The second-order valence-corrected chi connectivity index (χ2v) is 4.21. The van der Waals surface area contributed by atoms with E-state index in [2.05, 4.69) is 5.32 Å². The van der Waals surface area contributed by atoms with Crippen LogP contribution in [0.1, 0.15) is 0 Å². The lowest BCUT2D eigenvalue weighted by Crippen LogP contribution is -2.49. The Bertz CT molecular complexity index is 383. The van der Waals surface area contributed by atoms with Crippen molar-refractivity contribution in [2.24, 2.45) is 0 Å². The molecule has 0 fully saturated rings. The Morgan fingerprint density at radius 1 is 0.762 bits per heavy atom. The van der Waals surface area contributed by atoms with Gasteiger partial charge in [-0.3, -0.25) is 14.6 Å². The molecule has 0 saturated carbocycles. The van der Waals surface area contributed by atoms with E-state index in [4.69, 9.17) is 0 Å². The van der Waals surface area contributed by atoms with Gasteiger partial charge in [0.05, 0.1) is 24.5 Å². The number of carbonyl (C=O) groups is 4. The van der Waals surface area contributed by atoms with Gasteiger partial charge in [-0.05, 0) is 0 Å². The van der Waals surface area contributed by atoms with E-state index >= 15 is 0 Å². The molecule has 0 heterocycles. The Labute approximate surface area is 120 Å². The topological polar surface area (TPSA) is 156 Å². The van der Waals surface area contributed by atoms with Gasteiger partial charge in [-0.2, -0.15) is 0 Å². The van der Waals surface area contributed by atoms with Crippen LogP contribution in [0.4, 0.5) is 0 Å². The van der Waals surface area contributed by atoms with Gasteiger partial charge >= 0.3 is 0 Å². The molecule has 120 valence electrons. The summed E-state index contributed by atoms with van der Waals surface area (Å²) in [5.74, 6) is -4.81. The van der Waals surface area contributed by atoms with Crippen molar-refractivity contribution < 1.29 is 34.5 Å². The fraction of sp³-hybridized carbons (Fsp3) is 0.636. The summed E-state index contributed by atoms with van der Waals surface area (Å²) in [6.07, 6.45) is 0. The molecule has 0 aliphatic rings. The van der Waals surface area contributed by atoms with E-state index in [-0.39, 0.29) is 19.6 Å². The number of hydrogen-bond donors (Lipinski definition) is 1. The molecule has 0 aromatic heterocycles. The largest absolute Gasteiger partial charge is 0.549 e. The number of hydrogen-bond acceptors (Lipinski definition) is 9. The lowest BCUT2D eigenvalue weighted by atomic mass is 10.3. The highest BCUT2D eigenvalue weighted by atomic mass is 16.4. The lowest BCUT2D eigenvalue weighted by Gasteiger charge is -2.27. The first kappa shape index (κ1) is 18.8. The van der Waals surface area contributed by atoms with E-state index in [1.54, 1.807) is 0 Å². The van der Waals surface area contributed by atoms with Crippen molar-refractivity contribution in [1.29, 1.82) is 0 Å². The number of amides is 1. The Balaban J connectivity index is 4.56. The highest BCUT2D eigenvalue weighted by molar-refractivity contribution is 5.78. The van der Waals surface area contributed by atoms with Gasteiger partial charge in [-0.25, -0.2) is 0 Å². The van der Waals surface area contributed by atoms with Crippen molar-refractivity contribution in [1.82, 2.24) is 15.1 Å². The molecule has 0 spiro atoms. The summed E-state index contributed by atoms with van der Waals surface area (Å²) >= 11 is 0. The summed E-state index contributed by atoms with van der Waals surface area (Å²) < 4.78 is 0. The number of rotatable bonds is 11. The summed E-state index contributed by atoms with van der Waals surface area (Å²) in [5.41, 5.74) is 0. The highest BCUT2D eigenvalue weighted by Gasteiger charge is 2.13. The zero-order chi connectivity index (χ0) is 16.4. The van der Waals surface area contributed by atoms with Gasteiger partial charge in [0.15, 0.2) is 0 Å². The lowest BCUT2D eigenvalue weighted by molar-refractivity contribution is -0.311. The predicted octanol–water partition coefficient (Wildman–Crippen LogP) is -6.41. The molecular weight excluding hydrogens is 286 g/mol. The third kappa shape index (κ3) is 10.3. The van der Waals surface area contributed by atoms with Gasteiger partial charge in [0.2, 0.25) is 5.91 Å². The SMILES string of the molecule is CNC(=O)CN(CCN(CC(=O)[O-])CC(=O)[O-])CC(=O)[O-]. The van der Waals surface area contributed by atoms with Gasteiger partial charge in [0.25, 0.3) is 0 Å². The monoisotopic (exact) mass is 302 g/mol. The normalized spacial score (nSPS) is 10.6. The van der Waals surface area contributed by atoms with Gasteiger partial charge in [-0.1, -0.05) is 0 Å². The molecule has 0 unspecified atom stereocenters. The molecule has 21 heavy (non-hydrogen) atoms. The molecule has 0 rings (SSSR count). The van der Waals surface area contributed by atoms with Crippen molar-refractivity contribution >= 4 is 23.8 Å². The number of aliphatic carboxylic acids is 3. The molecule has 0 saturated heterocycles. The van der Waals surface area contributed by atoms with E-state index in [0.717, 1.165) is 4.90 Å². The number of nitrogens with one attached hydrogen (secondary N) is 1. The molecule has 10 nitrogen and oxygen atoms in total. The van der Waals surface area contributed by atoms with Crippen LogP contribution in [0, 0.1) is 0 Å². The quantitative estimate of drug-likeness (QED) is 0.392. The van der Waals surface area contributed by atoms with E-state index < -0.39 is 43.4 Å². The van der Waals surface area contributed by atoms with Crippen LogP contribution in [0.2, 0.25) is 0 Å². The summed E-state index contributed by atoms with van der Waals surface area (Å²) in [6, 6.07) is 0. The third-order valence-corrected chi connectivity index (χ3v) is 2.44. The van der Waals surface area contributed by atoms with Crippen LogP contribution in [0.25, 0.3) is 0 Å². The van der Waals surface area contributed by atoms with Crippen LogP contribution in [0.5, 0.6) is 0 Å². The van der Waals surface area contributed by atoms with E-state index in [9.17, 15) is 34.5 Å². The smallest absolute Gasteiger partial charge is 0.233 e. The second-order valence-electron chi connectivity index (χ2n) is 4.21. The van der Waals surface area contributed by atoms with Crippen LogP contribution in [-0.4, -0.2) is 79.9 Å². The van der Waals surface area contributed by atoms with E-state index in [1.807, 2.05) is 0 Å². The average molecular weight is 302 g/mol. The van der Waals surface area contributed by atoms with Crippen molar-refractivity contribution in [3.8, 4) is 0 Å². The third-order valence-electron chi connectivity index (χ3n) is 2.44.